The van der Waals surface area contributed by atoms with E-state index in [-0.39, 0.29) is 17.3 Å². The number of rotatable bonds is 3. The fraction of sp³-hybridized carbons (Fsp3) is 0.652. The number of piperidine rings is 1. The van der Waals surface area contributed by atoms with Crippen LogP contribution in [-0.2, 0) is 10.3 Å². The molecule has 1 spiro atoms. The van der Waals surface area contributed by atoms with E-state index in [1.807, 2.05) is 11.8 Å². The number of anilines is 1. The van der Waals surface area contributed by atoms with Crippen LogP contribution in [0.5, 0.6) is 0 Å². The molecule has 1 aliphatic carbocycles. The zero-order chi connectivity index (χ0) is 21.3. The second-order valence-corrected chi connectivity index (χ2v) is 9.05. The van der Waals surface area contributed by atoms with Crippen LogP contribution in [0.15, 0.2) is 23.4 Å². The molecule has 0 N–H and O–H groups in total. The smallest absolute Gasteiger partial charge is 0.323 e. The molecule has 2 fully saturated rings. The van der Waals surface area contributed by atoms with Crippen LogP contribution in [0.25, 0.3) is 0 Å². The van der Waals surface area contributed by atoms with E-state index < -0.39 is 0 Å². The number of carbonyl (C=O) groups is 1. The lowest BCUT2D eigenvalue weighted by atomic mass is 9.73. The van der Waals surface area contributed by atoms with Gasteiger partial charge in [0.1, 0.15) is 12.4 Å². The molecule has 0 aromatic heterocycles. The molecule has 0 atom stereocenters. The Balaban J connectivity index is 1.45. The number of halogens is 1. The van der Waals surface area contributed by atoms with Crippen molar-refractivity contribution >= 4 is 17.4 Å². The molecular formula is C23H33FN4O2. The standard InChI is InChI=1S/C23H33FN4O2/c1-4-30-25-18-6-8-19(9-7-18)27-13-11-23(12-14-27)16-28(22(29)26(2)3)21-10-5-17(24)15-20(21)23/h5,10,15,19H,4,6-9,11-14,16H2,1-3H3. The fourth-order valence-electron chi connectivity index (χ4n) is 5.35. The number of carbonyl (C=O) groups excluding carboxylic acids is 1. The monoisotopic (exact) mass is 416 g/mol. The minimum Gasteiger partial charge on any atom is -0.396 e. The molecule has 164 valence electrons. The molecule has 7 heteroatoms. The SMILES string of the molecule is CCON=C1CCC(N2CCC3(CC2)CN(C(=O)N(C)C)c2ccc(F)cc23)CC1. The number of hydrogen-bond donors (Lipinski definition) is 0. The van der Waals surface area contributed by atoms with Gasteiger partial charge in [-0.15, -0.1) is 0 Å². The van der Waals surface area contributed by atoms with Gasteiger partial charge >= 0.3 is 6.03 Å². The third-order valence-electron chi connectivity index (χ3n) is 7.02. The molecular weight excluding hydrogens is 383 g/mol. The Morgan fingerprint density at radius 2 is 1.97 bits per heavy atom. The van der Waals surface area contributed by atoms with Gasteiger partial charge in [-0.2, -0.15) is 0 Å². The van der Waals surface area contributed by atoms with Crippen LogP contribution < -0.4 is 4.90 Å². The van der Waals surface area contributed by atoms with Crippen molar-refractivity contribution in [3.63, 3.8) is 0 Å². The summed E-state index contributed by atoms with van der Waals surface area (Å²) in [5.74, 6) is -0.219. The zero-order valence-electron chi connectivity index (χ0n) is 18.4. The zero-order valence-corrected chi connectivity index (χ0v) is 18.4. The summed E-state index contributed by atoms with van der Waals surface area (Å²) in [6, 6.07) is 5.44. The summed E-state index contributed by atoms with van der Waals surface area (Å²) in [5, 5.41) is 4.23. The van der Waals surface area contributed by atoms with Gasteiger partial charge < -0.3 is 14.6 Å². The molecule has 2 amide bonds. The van der Waals surface area contributed by atoms with Gasteiger partial charge in [0.15, 0.2) is 0 Å². The first kappa shape index (κ1) is 21.1. The Bertz CT molecular complexity index is 807. The average molecular weight is 417 g/mol. The van der Waals surface area contributed by atoms with Crippen LogP contribution in [0, 0.1) is 5.82 Å². The van der Waals surface area contributed by atoms with Crippen LogP contribution in [0.4, 0.5) is 14.9 Å². The highest BCUT2D eigenvalue weighted by atomic mass is 19.1. The third kappa shape index (κ3) is 3.92. The number of fused-ring (bicyclic) bond motifs is 2. The molecule has 2 heterocycles. The number of amides is 2. The van der Waals surface area contributed by atoms with Gasteiger partial charge in [0.25, 0.3) is 0 Å². The maximum absolute atomic E-state index is 14.1. The van der Waals surface area contributed by atoms with E-state index in [1.54, 1.807) is 31.1 Å². The highest BCUT2D eigenvalue weighted by molar-refractivity contribution is 5.95. The second kappa shape index (κ2) is 8.53. The lowest BCUT2D eigenvalue weighted by Gasteiger charge is -2.44. The fourth-order valence-corrected chi connectivity index (χ4v) is 5.35. The van der Waals surface area contributed by atoms with Crippen molar-refractivity contribution in [3.8, 4) is 0 Å². The van der Waals surface area contributed by atoms with Gasteiger partial charge in [0, 0.05) is 37.8 Å². The van der Waals surface area contributed by atoms with Crippen molar-refractivity contribution in [2.75, 3.05) is 45.2 Å². The maximum Gasteiger partial charge on any atom is 0.323 e. The van der Waals surface area contributed by atoms with Gasteiger partial charge in [-0.1, -0.05) is 5.16 Å². The molecule has 0 bridgehead atoms. The second-order valence-electron chi connectivity index (χ2n) is 9.05. The molecule has 1 aromatic carbocycles. The topological polar surface area (TPSA) is 48.4 Å². The van der Waals surface area contributed by atoms with Crippen LogP contribution in [0.1, 0.15) is 51.0 Å². The van der Waals surface area contributed by atoms with Gasteiger partial charge in [-0.3, -0.25) is 4.90 Å². The molecule has 1 saturated heterocycles. The number of urea groups is 1. The molecule has 1 aromatic rings. The van der Waals surface area contributed by atoms with Gasteiger partial charge in [-0.05, 0) is 82.3 Å². The number of hydrogen-bond acceptors (Lipinski definition) is 4. The molecule has 0 unspecified atom stereocenters. The highest BCUT2D eigenvalue weighted by Gasteiger charge is 2.47. The van der Waals surface area contributed by atoms with Crippen molar-refractivity contribution < 1.29 is 14.0 Å². The first-order valence-electron chi connectivity index (χ1n) is 11.1. The van der Waals surface area contributed by atoms with E-state index in [0.29, 0.717) is 19.2 Å². The summed E-state index contributed by atoms with van der Waals surface area (Å²) in [6.45, 7) is 5.20. The number of benzene rings is 1. The van der Waals surface area contributed by atoms with Crippen LogP contribution in [0.2, 0.25) is 0 Å². The number of nitrogens with zero attached hydrogens (tertiary/aromatic N) is 4. The minimum absolute atomic E-state index is 0.0319. The van der Waals surface area contributed by atoms with E-state index in [9.17, 15) is 9.18 Å². The average Bonchev–Trinajstić information content (AvgIpc) is 3.06. The summed E-state index contributed by atoms with van der Waals surface area (Å²) in [5.41, 5.74) is 2.92. The van der Waals surface area contributed by atoms with E-state index in [1.165, 1.54) is 11.8 Å². The Labute approximate surface area is 178 Å². The predicted molar refractivity (Wildman–Crippen MR) is 117 cm³/mol. The van der Waals surface area contributed by atoms with Gasteiger partial charge in [-0.25, -0.2) is 9.18 Å². The van der Waals surface area contributed by atoms with E-state index in [2.05, 4.69) is 10.1 Å². The molecule has 4 rings (SSSR count). The van der Waals surface area contributed by atoms with Crippen molar-refractivity contribution in [1.29, 1.82) is 0 Å². The molecule has 2 aliphatic heterocycles. The molecule has 1 saturated carbocycles. The lowest BCUT2D eigenvalue weighted by Crippen LogP contribution is -2.50. The Morgan fingerprint density at radius 1 is 1.27 bits per heavy atom. The molecule has 0 radical (unpaired) electrons. The quantitative estimate of drug-likeness (QED) is 0.700. The summed E-state index contributed by atoms with van der Waals surface area (Å²) < 4.78 is 14.1. The van der Waals surface area contributed by atoms with E-state index in [4.69, 9.17) is 4.84 Å². The predicted octanol–water partition coefficient (Wildman–Crippen LogP) is 4.00. The minimum atomic E-state index is -0.219. The van der Waals surface area contributed by atoms with Crippen molar-refractivity contribution in [1.82, 2.24) is 9.80 Å². The van der Waals surface area contributed by atoms with Crippen molar-refractivity contribution in [2.45, 2.75) is 56.9 Å². The molecule has 30 heavy (non-hydrogen) atoms. The van der Waals surface area contributed by atoms with Crippen LogP contribution >= 0.6 is 0 Å². The van der Waals surface area contributed by atoms with Crippen LogP contribution in [0.3, 0.4) is 0 Å². The Kier molecular flexibility index (Phi) is 6.00. The molecule has 3 aliphatic rings. The number of oxime groups is 1. The van der Waals surface area contributed by atoms with Crippen molar-refractivity contribution in [2.24, 2.45) is 5.16 Å². The van der Waals surface area contributed by atoms with E-state index in [0.717, 1.165) is 62.9 Å². The summed E-state index contributed by atoms with van der Waals surface area (Å²) in [4.78, 5) is 24.0. The van der Waals surface area contributed by atoms with E-state index >= 15 is 0 Å². The van der Waals surface area contributed by atoms with Gasteiger partial charge in [0.2, 0.25) is 0 Å². The summed E-state index contributed by atoms with van der Waals surface area (Å²) >= 11 is 0. The Hall–Kier alpha value is -2.15. The van der Waals surface area contributed by atoms with Crippen molar-refractivity contribution in [3.05, 3.63) is 29.6 Å². The van der Waals surface area contributed by atoms with Gasteiger partial charge in [0.05, 0.1) is 5.71 Å². The summed E-state index contributed by atoms with van der Waals surface area (Å²) in [6.07, 6.45) is 6.16. The highest BCUT2D eigenvalue weighted by Crippen LogP contribution is 2.48. The largest absolute Gasteiger partial charge is 0.396 e. The number of likely N-dealkylation sites (tertiary alicyclic amines) is 1. The Morgan fingerprint density at radius 3 is 2.60 bits per heavy atom. The normalized spacial score (nSPS) is 23.4. The van der Waals surface area contributed by atoms with Crippen LogP contribution in [-0.4, -0.2) is 67.9 Å². The first-order valence-corrected chi connectivity index (χ1v) is 11.1. The summed E-state index contributed by atoms with van der Waals surface area (Å²) in [7, 11) is 3.54. The lowest BCUT2D eigenvalue weighted by molar-refractivity contribution is 0.105. The molecule has 6 nitrogen and oxygen atoms in total. The first-order chi connectivity index (χ1) is 14.4. The third-order valence-corrected chi connectivity index (χ3v) is 7.02. The maximum atomic E-state index is 14.1.